The van der Waals surface area contributed by atoms with E-state index in [4.69, 9.17) is 37.9 Å². The molecule has 16 heteroatoms. The Morgan fingerprint density at radius 3 is 1.69 bits per heavy atom. The third-order valence-electron chi connectivity index (χ3n) is 7.77. The molecule has 2 aromatic carbocycles. The fraction of sp³-hybridized carbons (Fsp3) is 0.528. The first-order valence-corrected chi connectivity index (χ1v) is 17.3. The highest BCUT2D eigenvalue weighted by Gasteiger charge is 2.45. The van der Waals surface area contributed by atoms with Crippen molar-refractivity contribution < 1.29 is 61.9 Å². The highest BCUT2D eigenvalue weighted by Crippen LogP contribution is 2.32. The zero-order chi connectivity index (χ0) is 36.8. The predicted octanol–water partition coefficient (Wildman–Crippen LogP) is 1.51. The Morgan fingerprint density at radius 1 is 0.654 bits per heavy atom. The van der Waals surface area contributed by atoms with E-state index in [-0.39, 0.29) is 24.0 Å². The van der Waals surface area contributed by atoms with Crippen molar-refractivity contribution in [2.24, 2.45) is 0 Å². The third-order valence-corrected chi connectivity index (χ3v) is 7.77. The number of carbonyl (C=O) groups is 5. The molecule has 1 fully saturated rings. The van der Waals surface area contributed by atoms with Gasteiger partial charge >= 0.3 is 0 Å². The molecule has 1 saturated heterocycles. The van der Waals surface area contributed by atoms with Crippen molar-refractivity contribution in [3.63, 3.8) is 0 Å². The minimum atomic E-state index is -1.01. The Bertz CT molecular complexity index is 1440. The molecule has 2 aromatic rings. The summed E-state index contributed by atoms with van der Waals surface area (Å²) in [6.45, 7) is 6.80. The molecule has 0 aromatic heterocycles. The van der Waals surface area contributed by atoms with Crippen molar-refractivity contribution in [3.05, 3.63) is 59.2 Å². The predicted molar refractivity (Wildman–Crippen MR) is 185 cm³/mol. The normalized spacial score (nSPS) is 15.5. The van der Waals surface area contributed by atoms with Crippen LogP contribution in [0, 0.1) is 0 Å². The summed E-state index contributed by atoms with van der Waals surface area (Å²) in [5.41, 5.74) is 1.50. The summed E-state index contributed by atoms with van der Waals surface area (Å²) in [5, 5.41) is 5.32. The molecule has 1 unspecified atom stereocenters. The Kier molecular flexibility index (Phi) is 18.1. The van der Waals surface area contributed by atoms with Gasteiger partial charge in [-0.05, 0) is 42.8 Å². The highest BCUT2D eigenvalue weighted by molar-refractivity contribution is 6.25. The lowest BCUT2D eigenvalue weighted by Crippen LogP contribution is -2.54. The van der Waals surface area contributed by atoms with Gasteiger partial charge in [-0.25, -0.2) is 0 Å². The number of ether oxygens (including phenoxy) is 8. The van der Waals surface area contributed by atoms with Crippen molar-refractivity contribution in [2.45, 2.75) is 18.9 Å². The second-order valence-corrected chi connectivity index (χ2v) is 11.4. The summed E-state index contributed by atoms with van der Waals surface area (Å²) in [6.07, 6.45) is 0.954. The molecular weight excluding hydrogens is 682 g/mol. The van der Waals surface area contributed by atoms with Crippen molar-refractivity contribution in [1.29, 1.82) is 0 Å². The van der Waals surface area contributed by atoms with Crippen LogP contribution in [-0.4, -0.2) is 147 Å². The van der Waals surface area contributed by atoms with Gasteiger partial charge < -0.3 is 43.2 Å². The van der Waals surface area contributed by atoms with E-state index in [1.165, 1.54) is 0 Å². The first-order valence-electron chi connectivity index (χ1n) is 17.3. The standard InChI is InChI=1S/C36H47N3O13/c40-26-27-4-6-28(7-5-27)52-25-24-51-23-22-50-21-20-49-19-18-48-17-16-47-15-14-46-13-12-45-11-10-37-30-3-1-2-29-33(30)36(44)39(35(29)43)31-8-9-32(41)38-34(31)42/h1-7,26,31,37H,8-25H2,(H,38,41,42). The van der Waals surface area contributed by atoms with Gasteiger partial charge in [0, 0.05) is 24.2 Å². The van der Waals surface area contributed by atoms with E-state index >= 15 is 0 Å². The Balaban J connectivity index is 0.882. The van der Waals surface area contributed by atoms with Crippen LogP contribution in [0.2, 0.25) is 0 Å². The summed E-state index contributed by atoms with van der Waals surface area (Å²) in [6, 6.07) is 10.8. The number of nitrogens with one attached hydrogen (secondary N) is 2. The van der Waals surface area contributed by atoms with E-state index in [0.29, 0.717) is 123 Å². The van der Waals surface area contributed by atoms with Crippen molar-refractivity contribution in [3.8, 4) is 5.75 Å². The SMILES string of the molecule is O=Cc1ccc(OCCOCCOCCOCCOCCOCCOCCOCCNc2cccc3c2C(=O)N(C2CCC(=O)NC2=O)C3=O)cc1. The van der Waals surface area contributed by atoms with Gasteiger partial charge in [0.15, 0.2) is 0 Å². The lowest BCUT2D eigenvalue weighted by molar-refractivity contribution is -0.136. The number of anilines is 1. The van der Waals surface area contributed by atoms with Gasteiger partial charge in [0.25, 0.3) is 11.8 Å². The molecule has 0 bridgehead atoms. The van der Waals surface area contributed by atoms with E-state index in [1.54, 1.807) is 42.5 Å². The number of hydrogen-bond acceptors (Lipinski definition) is 14. The van der Waals surface area contributed by atoms with E-state index in [1.807, 2.05) is 0 Å². The molecular formula is C36H47N3O13. The highest BCUT2D eigenvalue weighted by atomic mass is 16.6. The Morgan fingerprint density at radius 2 is 1.17 bits per heavy atom. The molecule has 284 valence electrons. The van der Waals surface area contributed by atoms with Gasteiger partial charge in [-0.15, -0.1) is 0 Å². The minimum absolute atomic E-state index is 0.0641. The largest absolute Gasteiger partial charge is 0.491 e. The van der Waals surface area contributed by atoms with Crippen molar-refractivity contribution in [2.75, 3.05) is 111 Å². The second kappa shape index (κ2) is 23.3. The van der Waals surface area contributed by atoms with Gasteiger partial charge in [-0.3, -0.25) is 34.2 Å². The number of piperidine rings is 1. The van der Waals surface area contributed by atoms with Gasteiger partial charge in [0.2, 0.25) is 11.8 Å². The smallest absolute Gasteiger partial charge is 0.264 e. The monoisotopic (exact) mass is 729 g/mol. The molecule has 2 aliphatic heterocycles. The van der Waals surface area contributed by atoms with Gasteiger partial charge in [-0.2, -0.15) is 0 Å². The zero-order valence-corrected chi connectivity index (χ0v) is 29.2. The average Bonchev–Trinajstić information content (AvgIpc) is 3.41. The van der Waals surface area contributed by atoms with Crippen LogP contribution in [0.25, 0.3) is 0 Å². The van der Waals surface area contributed by atoms with E-state index in [9.17, 15) is 24.0 Å². The number of imide groups is 2. The number of benzene rings is 2. The van der Waals surface area contributed by atoms with Crippen LogP contribution in [-0.2, 0) is 42.7 Å². The second-order valence-electron chi connectivity index (χ2n) is 11.4. The molecule has 0 radical (unpaired) electrons. The molecule has 2 heterocycles. The van der Waals surface area contributed by atoms with Crippen LogP contribution >= 0.6 is 0 Å². The molecule has 16 nitrogen and oxygen atoms in total. The number of amides is 4. The minimum Gasteiger partial charge on any atom is -0.491 e. The van der Waals surface area contributed by atoms with Crippen LogP contribution in [0.3, 0.4) is 0 Å². The topological polar surface area (TPSA) is 186 Å². The number of carbonyl (C=O) groups excluding carboxylic acids is 5. The molecule has 4 amide bonds. The summed E-state index contributed by atoms with van der Waals surface area (Å²) in [7, 11) is 0. The van der Waals surface area contributed by atoms with Gasteiger partial charge in [-0.1, -0.05) is 6.07 Å². The maximum atomic E-state index is 13.1. The lowest BCUT2D eigenvalue weighted by Gasteiger charge is -2.27. The summed E-state index contributed by atoms with van der Waals surface area (Å²) >= 11 is 0. The number of fused-ring (bicyclic) bond motifs is 1. The van der Waals surface area contributed by atoms with E-state index in [2.05, 4.69) is 10.6 Å². The van der Waals surface area contributed by atoms with Crippen molar-refractivity contribution >= 4 is 35.6 Å². The number of aldehydes is 1. The first kappa shape index (κ1) is 40.5. The third kappa shape index (κ3) is 13.4. The summed E-state index contributed by atoms with van der Waals surface area (Å²) in [5.74, 6) is -1.49. The molecule has 2 aliphatic rings. The number of rotatable bonds is 28. The quantitative estimate of drug-likeness (QED) is 0.0729. The van der Waals surface area contributed by atoms with E-state index < -0.39 is 29.7 Å². The molecule has 2 N–H and O–H groups in total. The molecule has 4 rings (SSSR count). The van der Waals surface area contributed by atoms with E-state index in [0.717, 1.165) is 11.2 Å². The molecule has 1 atom stereocenters. The van der Waals surface area contributed by atoms with Crippen molar-refractivity contribution in [1.82, 2.24) is 10.2 Å². The van der Waals surface area contributed by atoms with Gasteiger partial charge in [0.05, 0.1) is 104 Å². The number of hydrogen-bond donors (Lipinski definition) is 2. The fourth-order valence-corrected chi connectivity index (χ4v) is 5.20. The maximum Gasteiger partial charge on any atom is 0.264 e. The maximum absolute atomic E-state index is 13.1. The summed E-state index contributed by atoms with van der Waals surface area (Å²) < 4.78 is 44.0. The zero-order valence-electron chi connectivity index (χ0n) is 29.2. The fourth-order valence-electron chi connectivity index (χ4n) is 5.20. The number of nitrogens with zero attached hydrogens (tertiary/aromatic N) is 1. The average molecular weight is 730 g/mol. The van der Waals surface area contributed by atoms with Crippen LogP contribution < -0.4 is 15.4 Å². The van der Waals surface area contributed by atoms with Crippen LogP contribution in [0.5, 0.6) is 5.75 Å². The first-order chi connectivity index (χ1) is 25.5. The lowest BCUT2D eigenvalue weighted by atomic mass is 10.0. The Labute approximate surface area is 302 Å². The van der Waals surface area contributed by atoms with Crippen LogP contribution in [0.15, 0.2) is 42.5 Å². The van der Waals surface area contributed by atoms with Crippen LogP contribution in [0.4, 0.5) is 5.69 Å². The Hall–Kier alpha value is -4.29. The summed E-state index contributed by atoms with van der Waals surface area (Å²) in [4.78, 5) is 61.5. The van der Waals surface area contributed by atoms with Crippen LogP contribution in [0.1, 0.15) is 43.9 Å². The van der Waals surface area contributed by atoms with Gasteiger partial charge in [0.1, 0.15) is 24.7 Å². The molecule has 0 aliphatic carbocycles. The molecule has 0 saturated carbocycles. The molecule has 52 heavy (non-hydrogen) atoms. The molecule has 0 spiro atoms.